The fourth-order valence-corrected chi connectivity index (χ4v) is 1.52. The minimum absolute atomic E-state index is 0. The molecule has 0 saturated heterocycles. The molecule has 0 aliphatic rings. The predicted octanol–water partition coefficient (Wildman–Crippen LogP) is -0.276. The molecule has 0 spiro atoms. The van der Waals surface area contributed by atoms with Gasteiger partial charge in [0.05, 0.1) is 5.39 Å². The van der Waals surface area contributed by atoms with Crippen LogP contribution in [0.4, 0.5) is 30.7 Å². The maximum absolute atomic E-state index is 13.3. The van der Waals surface area contributed by atoms with Crippen LogP contribution in [0, 0.1) is 40.7 Å². The molecular formula is C10HBF7Li. The number of hydrogen-bond acceptors (Lipinski definition) is 0. The van der Waals surface area contributed by atoms with Crippen molar-refractivity contribution in [3.63, 3.8) is 0 Å². The van der Waals surface area contributed by atoms with Gasteiger partial charge < -0.3 is 1.43 Å². The van der Waals surface area contributed by atoms with Crippen LogP contribution in [0.25, 0.3) is 10.8 Å². The van der Waals surface area contributed by atoms with Crippen LogP contribution in [0.3, 0.4) is 0 Å². The number of halogens is 7. The summed E-state index contributed by atoms with van der Waals surface area (Å²) < 4.78 is 91.4. The first-order valence-electron chi connectivity index (χ1n) is 4.36. The van der Waals surface area contributed by atoms with Gasteiger partial charge in [0.25, 0.3) is 0 Å². The molecule has 0 fully saturated rings. The fraction of sp³-hybridized carbons (Fsp3) is 0. The van der Waals surface area contributed by atoms with E-state index in [4.69, 9.17) is 7.85 Å². The van der Waals surface area contributed by atoms with E-state index in [0.717, 1.165) is 0 Å². The van der Waals surface area contributed by atoms with E-state index in [2.05, 4.69) is 0 Å². The van der Waals surface area contributed by atoms with E-state index in [1.165, 1.54) is 0 Å². The van der Waals surface area contributed by atoms with Crippen LogP contribution < -0.4 is 24.3 Å². The minimum Gasteiger partial charge on any atom is -1.00 e. The van der Waals surface area contributed by atoms with Crippen molar-refractivity contribution in [2.45, 2.75) is 0 Å². The van der Waals surface area contributed by atoms with Crippen molar-refractivity contribution in [1.29, 1.82) is 0 Å². The van der Waals surface area contributed by atoms with Crippen LogP contribution in [0.15, 0.2) is 0 Å². The van der Waals surface area contributed by atoms with Gasteiger partial charge in [0.2, 0.25) is 0 Å². The third-order valence-corrected chi connectivity index (χ3v) is 2.38. The molecule has 0 saturated carbocycles. The quantitative estimate of drug-likeness (QED) is 0.268. The van der Waals surface area contributed by atoms with Crippen LogP contribution in [0.5, 0.6) is 0 Å². The standard InChI is InChI=1S/C10BF7.Li.H/c11-3-1-2(5(13)8(16)7(3)15)6(14)10(18)9(17)4(1)12;;/q;+1;-1. The zero-order valence-corrected chi connectivity index (χ0v) is 9.22. The summed E-state index contributed by atoms with van der Waals surface area (Å²) in [4.78, 5) is 0. The second kappa shape index (κ2) is 5.10. The maximum Gasteiger partial charge on any atom is 1.00 e. The summed E-state index contributed by atoms with van der Waals surface area (Å²) >= 11 is 0. The Labute approximate surface area is 116 Å². The van der Waals surface area contributed by atoms with Gasteiger partial charge in [0.15, 0.2) is 40.7 Å². The first kappa shape index (κ1) is 15.9. The van der Waals surface area contributed by atoms with Crippen LogP contribution in [-0.2, 0) is 0 Å². The normalized spacial score (nSPS) is 10.7. The van der Waals surface area contributed by atoms with E-state index in [-0.39, 0.29) is 20.3 Å². The van der Waals surface area contributed by atoms with E-state index < -0.39 is 57.0 Å². The Morgan fingerprint density at radius 3 is 1.26 bits per heavy atom. The van der Waals surface area contributed by atoms with Crippen molar-refractivity contribution in [2.75, 3.05) is 0 Å². The van der Waals surface area contributed by atoms with Gasteiger partial charge in [-0.3, -0.25) is 0 Å². The van der Waals surface area contributed by atoms with Crippen molar-refractivity contribution in [2.24, 2.45) is 0 Å². The maximum atomic E-state index is 13.3. The summed E-state index contributed by atoms with van der Waals surface area (Å²) in [7, 11) is 4.90. The zero-order chi connectivity index (χ0) is 13.8. The average molecular weight is 272 g/mol. The molecule has 94 valence electrons. The molecular weight excluding hydrogens is 271 g/mol. The Morgan fingerprint density at radius 2 is 0.842 bits per heavy atom. The molecule has 0 amide bonds. The topological polar surface area (TPSA) is 0 Å². The molecule has 0 atom stereocenters. The van der Waals surface area contributed by atoms with Crippen LogP contribution in [0.2, 0.25) is 0 Å². The van der Waals surface area contributed by atoms with Crippen LogP contribution in [0.1, 0.15) is 1.43 Å². The molecule has 2 aromatic carbocycles. The Hall–Kier alpha value is -1.13. The van der Waals surface area contributed by atoms with E-state index >= 15 is 0 Å². The first-order chi connectivity index (χ1) is 8.29. The van der Waals surface area contributed by atoms with Crippen molar-refractivity contribution in [3.8, 4) is 0 Å². The Morgan fingerprint density at radius 1 is 0.526 bits per heavy atom. The zero-order valence-electron chi connectivity index (χ0n) is 10.2. The molecule has 0 nitrogen and oxygen atoms in total. The molecule has 19 heavy (non-hydrogen) atoms. The van der Waals surface area contributed by atoms with Crippen molar-refractivity contribution in [3.05, 3.63) is 40.7 Å². The van der Waals surface area contributed by atoms with Gasteiger partial charge in [-0.1, -0.05) is 0 Å². The van der Waals surface area contributed by atoms with E-state index in [1.807, 2.05) is 0 Å². The van der Waals surface area contributed by atoms with Crippen molar-refractivity contribution in [1.82, 2.24) is 0 Å². The van der Waals surface area contributed by atoms with Gasteiger partial charge in [-0.25, -0.2) is 30.7 Å². The van der Waals surface area contributed by atoms with E-state index in [0.29, 0.717) is 0 Å². The SMILES string of the molecule is [B]c1c(F)c(F)c(F)c2c(F)c(F)c(F)c(F)c12.[H-].[Li+]. The third kappa shape index (κ3) is 2.03. The molecule has 0 aliphatic heterocycles. The molecule has 0 aromatic heterocycles. The number of benzene rings is 2. The average Bonchev–Trinajstić information content (AvgIpc) is 2.35. The Kier molecular flexibility index (Phi) is 4.27. The van der Waals surface area contributed by atoms with Gasteiger partial charge >= 0.3 is 18.9 Å². The molecule has 0 heterocycles. The molecule has 0 N–H and O–H groups in total. The summed E-state index contributed by atoms with van der Waals surface area (Å²) in [5, 5.41) is -2.97. The monoisotopic (exact) mass is 272 g/mol. The largest absolute Gasteiger partial charge is 1.00 e. The summed E-state index contributed by atoms with van der Waals surface area (Å²) in [6.07, 6.45) is 0. The molecule has 2 aromatic rings. The number of fused-ring (bicyclic) bond motifs is 1. The summed E-state index contributed by atoms with van der Waals surface area (Å²) in [6, 6.07) is 0. The number of hydrogen-bond donors (Lipinski definition) is 0. The van der Waals surface area contributed by atoms with E-state index in [1.54, 1.807) is 0 Å². The van der Waals surface area contributed by atoms with Gasteiger partial charge in [-0.2, -0.15) is 0 Å². The molecule has 9 heteroatoms. The van der Waals surface area contributed by atoms with Gasteiger partial charge in [-0.05, 0) is 5.46 Å². The van der Waals surface area contributed by atoms with Gasteiger partial charge in [0.1, 0.15) is 7.85 Å². The second-order valence-corrected chi connectivity index (χ2v) is 3.36. The predicted molar refractivity (Wildman–Crippen MR) is 50.2 cm³/mol. The fourth-order valence-electron chi connectivity index (χ4n) is 1.52. The summed E-state index contributed by atoms with van der Waals surface area (Å²) in [5.41, 5.74) is -1.35. The summed E-state index contributed by atoms with van der Waals surface area (Å²) in [6.45, 7) is 0. The minimum atomic E-state index is -2.34. The molecule has 0 aliphatic carbocycles. The van der Waals surface area contributed by atoms with Crippen molar-refractivity contribution < 1.29 is 51.0 Å². The van der Waals surface area contributed by atoms with Gasteiger partial charge in [-0.15, -0.1) is 0 Å². The molecule has 0 bridgehead atoms. The first-order valence-corrected chi connectivity index (χ1v) is 4.36. The third-order valence-electron chi connectivity index (χ3n) is 2.38. The molecule has 0 unspecified atom stereocenters. The Balaban J connectivity index is 0.00000180. The second-order valence-electron chi connectivity index (χ2n) is 3.36. The number of rotatable bonds is 0. The Bertz CT molecular complexity index is 579. The molecule has 2 rings (SSSR count). The van der Waals surface area contributed by atoms with Crippen molar-refractivity contribution >= 4 is 24.1 Å². The van der Waals surface area contributed by atoms with Crippen LogP contribution in [-0.4, -0.2) is 7.85 Å². The van der Waals surface area contributed by atoms with Gasteiger partial charge in [0, 0.05) is 5.39 Å². The molecule has 2 radical (unpaired) electrons. The summed E-state index contributed by atoms with van der Waals surface area (Å²) in [5.74, 6) is -15.3. The van der Waals surface area contributed by atoms with E-state index in [9.17, 15) is 30.7 Å². The van der Waals surface area contributed by atoms with Crippen LogP contribution >= 0.6 is 0 Å². The smallest absolute Gasteiger partial charge is 1.00 e.